The summed E-state index contributed by atoms with van der Waals surface area (Å²) < 4.78 is 6.85. The third kappa shape index (κ3) is 3.90. The Labute approximate surface area is 173 Å². The fourth-order valence-electron chi connectivity index (χ4n) is 3.93. The molecule has 8 heteroatoms. The van der Waals surface area contributed by atoms with E-state index in [9.17, 15) is 9.59 Å². The first-order chi connectivity index (χ1) is 14.7. The Morgan fingerprint density at radius 3 is 2.57 bits per heavy atom. The molecule has 4 heterocycles. The summed E-state index contributed by atoms with van der Waals surface area (Å²) in [4.78, 5) is 30.9. The van der Waals surface area contributed by atoms with E-state index in [2.05, 4.69) is 15.2 Å². The Morgan fingerprint density at radius 2 is 1.83 bits per heavy atom. The van der Waals surface area contributed by atoms with Crippen LogP contribution in [-0.2, 0) is 6.54 Å². The zero-order chi connectivity index (χ0) is 20.5. The minimum Gasteiger partial charge on any atom is -0.360 e. The van der Waals surface area contributed by atoms with E-state index >= 15 is 0 Å². The highest BCUT2D eigenvalue weighted by Gasteiger charge is 2.31. The van der Waals surface area contributed by atoms with Gasteiger partial charge in [0.05, 0.1) is 5.69 Å². The number of hydrogen-bond acceptors (Lipinski definition) is 6. The Kier molecular flexibility index (Phi) is 4.90. The van der Waals surface area contributed by atoms with E-state index in [1.165, 1.54) is 4.68 Å². The van der Waals surface area contributed by atoms with Gasteiger partial charge in [-0.05, 0) is 49.8 Å². The van der Waals surface area contributed by atoms with Crippen molar-refractivity contribution in [1.29, 1.82) is 0 Å². The quantitative estimate of drug-likeness (QED) is 0.648. The number of nitrogens with zero attached hydrogens (tertiary/aromatic N) is 5. The molecule has 1 amide bonds. The van der Waals surface area contributed by atoms with Gasteiger partial charge in [-0.25, -0.2) is 4.68 Å². The van der Waals surface area contributed by atoms with Gasteiger partial charge in [-0.1, -0.05) is 5.16 Å². The lowest BCUT2D eigenvalue weighted by Crippen LogP contribution is -2.40. The van der Waals surface area contributed by atoms with Gasteiger partial charge in [0.15, 0.2) is 5.69 Å². The summed E-state index contributed by atoms with van der Waals surface area (Å²) in [5, 5.41) is 8.50. The van der Waals surface area contributed by atoms with E-state index in [1.807, 2.05) is 17.0 Å². The van der Waals surface area contributed by atoms with E-state index in [4.69, 9.17) is 4.52 Å². The van der Waals surface area contributed by atoms with Crippen LogP contribution in [0.3, 0.4) is 0 Å². The molecule has 0 N–H and O–H groups in total. The predicted octanol–water partition coefficient (Wildman–Crippen LogP) is 2.72. The molecule has 0 radical (unpaired) electrons. The van der Waals surface area contributed by atoms with Crippen molar-refractivity contribution < 1.29 is 9.32 Å². The van der Waals surface area contributed by atoms with Crippen molar-refractivity contribution in [2.75, 3.05) is 13.1 Å². The fourth-order valence-corrected chi connectivity index (χ4v) is 3.93. The molecular weight excluding hydrogens is 382 g/mol. The lowest BCUT2D eigenvalue weighted by molar-refractivity contribution is 0.0670. The molecule has 0 unspecified atom stereocenters. The van der Waals surface area contributed by atoms with Gasteiger partial charge in [-0.15, -0.1) is 0 Å². The first-order valence-corrected chi connectivity index (χ1v) is 10.4. The van der Waals surface area contributed by atoms with Crippen molar-refractivity contribution in [2.45, 2.75) is 38.1 Å². The van der Waals surface area contributed by atoms with Crippen molar-refractivity contribution in [2.24, 2.45) is 5.92 Å². The van der Waals surface area contributed by atoms with Gasteiger partial charge in [0.2, 0.25) is 0 Å². The molecule has 0 atom stereocenters. The highest BCUT2D eigenvalue weighted by atomic mass is 16.5. The summed E-state index contributed by atoms with van der Waals surface area (Å²) >= 11 is 0. The third-order valence-corrected chi connectivity index (χ3v) is 5.90. The van der Waals surface area contributed by atoms with Gasteiger partial charge >= 0.3 is 0 Å². The number of amides is 1. The molecule has 8 nitrogen and oxygen atoms in total. The van der Waals surface area contributed by atoms with E-state index in [0.29, 0.717) is 37.2 Å². The number of carbonyl (C=O) groups excluding carboxylic acids is 1. The van der Waals surface area contributed by atoms with Crippen molar-refractivity contribution >= 4 is 5.91 Å². The van der Waals surface area contributed by atoms with Crippen LogP contribution >= 0.6 is 0 Å². The molecule has 1 aliphatic heterocycles. The largest absolute Gasteiger partial charge is 0.360 e. The van der Waals surface area contributed by atoms with Crippen LogP contribution < -0.4 is 5.56 Å². The third-order valence-electron chi connectivity index (χ3n) is 5.90. The van der Waals surface area contributed by atoms with Gasteiger partial charge in [-0.2, -0.15) is 5.10 Å². The van der Waals surface area contributed by atoms with Crippen molar-refractivity contribution in [3.8, 4) is 11.3 Å². The second-order valence-corrected chi connectivity index (χ2v) is 8.10. The molecular formula is C22H23N5O3. The van der Waals surface area contributed by atoms with Gasteiger partial charge in [0, 0.05) is 55.6 Å². The predicted molar refractivity (Wildman–Crippen MR) is 109 cm³/mol. The van der Waals surface area contributed by atoms with E-state index < -0.39 is 0 Å². The zero-order valence-corrected chi connectivity index (χ0v) is 16.6. The maximum absolute atomic E-state index is 12.7. The van der Waals surface area contributed by atoms with E-state index in [-0.39, 0.29) is 11.5 Å². The van der Waals surface area contributed by atoms with Gasteiger partial charge in [-0.3, -0.25) is 14.6 Å². The Hall–Kier alpha value is -3.29. The first-order valence-electron chi connectivity index (χ1n) is 10.4. The number of aromatic nitrogens is 4. The number of piperidine rings is 1. The Bertz CT molecular complexity index is 1100. The average molecular weight is 405 g/mol. The van der Waals surface area contributed by atoms with Crippen molar-refractivity contribution in [1.82, 2.24) is 24.8 Å². The molecule has 0 aromatic carbocycles. The molecule has 0 bridgehead atoms. The maximum Gasteiger partial charge on any atom is 0.276 e. The molecule has 5 rings (SSSR count). The Morgan fingerprint density at radius 1 is 1.07 bits per heavy atom. The smallest absolute Gasteiger partial charge is 0.276 e. The minimum atomic E-state index is -0.110. The lowest BCUT2D eigenvalue weighted by Gasteiger charge is -2.31. The number of pyridine rings is 1. The second-order valence-electron chi connectivity index (χ2n) is 8.10. The number of rotatable bonds is 5. The molecule has 3 aromatic rings. The molecule has 1 aliphatic carbocycles. The normalized spacial score (nSPS) is 17.3. The number of likely N-dealkylation sites (tertiary alicyclic amines) is 1. The van der Waals surface area contributed by atoms with E-state index in [1.54, 1.807) is 30.6 Å². The molecule has 2 aliphatic rings. The average Bonchev–Trinajstić information content (AvgIpc) is 3.52. The van der Waals surface area contributed by atoms with Crippen LogP contribution in [0.15, 0.2) is 52.0 Å². The highest BCUT2D eigenvalue weighted by Crippen LogP contribution is 2.40. The van der Waals surface area contributed by atoms with Gasteiger partial charge in [0.25, 0.3) is 11.5 Å². The maximum atomic E-state index is 12.7. The number of hydrogen-bond donors (Lipinski definition) is 0. The van der Waals surface area contributed by atoms with Crippen LogP contribution in [0, 0.1) is 5.92 Å². The zero-order valence-electron chi connectivity index (χ0n) is 16.6. The van der Waals surface area contributed by atoms with Gasteiger partial charge in [0.1, 0.15) is 5.76 Å². The van der Waals surface area contributed by atoms with Crippen LogP contribution in [-0.4, -0.2) is 43.8 Å². The molecule has 3 aromatic heterocycles. The summed E-state index contributed by atoms with van der Waals surface area (Å²) in [5.41, 5.74) is 1.97. The molecule has 1 saturated heterocycles. The molecule has 2 fully saturated rings. The lowest BCUT2D eigenvalue weighted by atomic mass is 9.96. The van der Waals surface area contributed by atoms with E-state index in [0.717, 1.165) is 42.7 Å². The monoisotopic (exact) mass is 405 g/mol. The first kappa shape index (κ1) is 18.7. The molecule has 154 valence electrons. The summed E-state index contributed by atoms with van der Waals surface area (Å²) in [6.07, 6.45) is 7.30. The van der Waals surface area contributed by atoms with Crippen LogP contribution in [0.25, 0.3) is 11.3 Å². The van der Waals surface area contributed by atoms with Crippen LogP contribution in [0.5, 0.6) is 0 Å². The van der Waals surface area contributed by atoms with Crippen LogP contribution in [0.1, 0.15) is 47.8 Å². The summed E-state index contributed by atoms with van der Waals surface area (Å²) in [6.45, 7) is 1.84. The Balaban J connectivity index is 1.22. The summed E-state index contributed by atoms with van der Waals surface area (Å²) in [7, 11) is 0. The molecule has 0 spiro atoms. The minimum absolute atomic E-state index is 0.0703. The topological polar surface area (TPSA) is 94.1 Å². The fraction of sp³-hybridized carbons (Fsp3) is 0.409. The van der Waals surface area contributed by atoms with Gasteiger partial charge < -0.3 is 9.42 Å². The second kappa shape index (κ2) is 7.85. The summed E-state index contributed by atoms with van der Waals surface area (Å²) in [6, 6.07) is 8.84. The molecule has 1 saturated carbocycles. The standard InChI is InChI=1S/C22H23N5O3/c28-21-4-3-18(16-5-9-23-10-6-16)24-27(21)14-15-7-11-26(12-8-15)22(29)19-13-20(30-25-19)17-1-2-17/h3-6,9-10,13,15,17H,1-2,7-8,11-12,14H2. The van der Waals surface area contributed by atoms with Crippen molar-refractivity contribution in [3.05, 3.63) is 64.5 Å². The highest BCUT2D eigenvalue weighted by molar-refractivity contribution is 5.92. The number of carbonyl (C=O) groups is 1. The SMILES string of the molecule is O=C(c1cc(C2CC2)on1)N1CCC(Cn2nc(-c3ccncc3)ccc2=O)CC1. The molecule has 30 heavy (non-hydrogen) atoms. The van der Waals surface area contributed by atoms with Crippen LogP contribution in [0.4, 0.5) is 0 Å². The van der Waals surface area contributed by atoms with Crippen molar-refractivity contribution in [3.63, 3.8) is 0 Å². The summed E-state index contributed by atoms with van der Waals surface area (Å²) in [5.74, 6) is 1.50. The van der Waals surface area contributed by atoms with Crippen LogP contribution in [0.2, 0.25) is 0 Å².